The summed E-state index contributed by atoms with van der Waals surface area (Å²) in [6.07, 6.45) is 1.74. The molecule has 0 fully saturated rings. The maximum atomic E-state index is 12.3. The molecule has 0 atom stereocenters. The average Bonchev–Trinajstić information content (AvgIpc) is 2.44. The normalized spacial score (nSPS) is 15.2. The van der Waals surface area contributed by atoms with E-state index in [0.29, 0.717) is 24.5 Å². The van der Waals surface area contributed by atoms with Gasteiger partial charge in [-0.05, 0) is 17.5 Å². The van der Waals surface area contributed by atoms with E-state index in [1.165, 1.54) is 0 Å². The molecule has 5 heteroatoms. The second-order valence-electron chi connectivity index (χ2n) is 6.81. The Hall–Kier alpha value is -2.30. The molecule has 1 amide bonds. The standard InChI is InChI=1S/C17H24N4O/c1-17(2,3)11-20-16(22)13-7-5-6-12(8-13)14-9-19-15(18)10-21(14)4/h5-9H,10-11H2,1-4H3,(H2,18,19)(H,20,22). The highest BCUT2D eigenvalue weighted by molar-refractivity contribution is 5.95. The van der Waals surface area contributed by atoms with Gasteiger partial charge in [0.05, 0.1) is 18.4 Å². The molecule has 1 aromatic carbocycles. The molecule has 0 spiro atoms. The van der Waals surface area contributed by atoms with E-state index < -0.39 is 0 Å². The topological polar surface area (TPSA) is 70.7 Å². The largest absolute Gasteiger partial charge is 0.386 e. The van der Waals surface area contributed by atoms with Crippen LogP contribution in [0.25, 0.3) is 5.70 Å². The molecule has 5 nitrogen and oxygen atoms in total. The minimum atomic E-state index is -0.0566. The molecule has 0 aliphatic carbocycles. The Morgan fingerprint density at radius 3 is 2.77 bits per heavy atom. The molecular formula is C17H24N4O. The SMILES string of the molecule is CN1CC(N)=NC=C1c1cccc(C(=O)NCC(C)(C)C)c1. The number of amidine groups is 1. The second kappa shape index (κ2) is 6.22. The summed E-state index contributed by atoms with van der Waals surface area (Å²) in [4.78, 5) is 18.5. The third kappa shape index (κ3) is 4.10. The van der Waals surface area contributed by atoms with Crippen molar-refractivity contribution in [3.8, 4) is 0 Å². The Kier molecular flexibility index (Phi) is 4.54. The zero-order valence-electron chi connectivity index (χ0n) is 13.7. The number of nitrogens with two attached hydrogens (primary N) is 1. The van der Waals surface area contributed by atoms with Crippen LogP contribution in [-0.4, -0.2) is 36.8 Å². The number of carbonyl (C=O) groups is 1. The monoisotopic (exact) mass is 300 g/mol. The van der Waals surface area contributed by atoms with E-state index in [4.69, 9.17) is 5.73 Å². The van der Waals surface area contributed by atoms with Gasteiger partial charge in [-0.15, -0.1) is 0 Å². The fourth-order valence-electron chi connectivity index (χ4n) is 2.17. The molecule has 0 bridgehead atoms. The molecule has 0 unspecified atom stereocenters. The van der Waals surface area contributed by atoms with Crippen LogP contribution in [0, 0.1) is 5.41 Å². The molecular weight excluding hydrogens is 276 g/mol. The fourth-order valence-corrected chi connectivity index (χ4v) is 2.17. The van der Waals surface area contributed by atoms with Gasteiger partial charge in [-0.3, -0.25) is 4.79 Å². The minimum absolute atomic E-state index is 0.0566. The molecule has 0 saturated heterocycles. The summed E-state index contributed by atoms with van der Waals surface area (Å²) in [5.74, 6) is 0.532. The molecule has 1 heterocycles. The summed E-state index contributed by atoms with van der Waals surface area (Å²) in [7, 11) is 1.96. The zero-order valence-corrected chi connectivity index (χ0v) is 13.7. The molecule has 0 saturated carbocycles. The van der Waals surface area contributed by atoms with Crippen molar-refractivity contribution in [1.29, 1.82) is 0 Å². The van der Waals surface area contributed by atoms with Crippen molar-refractivity contribution >= 4 is 17.4 Å². The number of nitrogens with one attached hydrogen (secondary N) is 1. The smallest absolute Gasteiger partial charge is 0.251 e. The lowest BCUT2D eigenvalue weighted by Gasteiger charge is -2.25. The first kappa shape index (κ1) is 16.1. The number of nitrogens with zero attached hydrogens (tertiary/aromatic N) is 2. The maximum Gasteiger partial charge on any atom is 0.251 e. The summed E-state index contributed by atoms with van der Waals surface area (Å²) in [5.41, 5.74) is 8.35. The summed E-state index contributed by atoms with van der Waals surface area (Å²) in [5, 5.41) is 2.97. The number of aliphatic imine (C=N–C) groups is 1. The van der Waals surface area contributed by atoms with Gasteiger partial charge in [0.25, 0.3) is 5.91 Å². The van der Waals surface area contributed by atoms with Crippen LogP contribution in [0.1, 0.15) is 36.7 Å². The van der Waals surface area contributed by atoms with Crippen LogP contribution in [0.4, 0.5) is 0 Å². The number of likely N-dealkylation sites (N-methyl/N-ethyl adjacent to an activating group) is 1. The van der Waals surface area contributed by atoms with E-state index in [9.17, 15) is 4.79 Å². The van der Waals surface area contributed by atoms with Crippen LogP contribution in [0.2, 0.25) is 0 Å². The highest BCUT2D eigenvalue weighted by Gasteiger charge is 2.16. The molecule has 1 aliphatic heterocycles. The second-order valence-corrected chi connectivity index (χ2v) is 6.81. The minimum Gasteiger partial charge on any atom is -0.386 e. The predicted molar refractivity (Wildman–Crippen MR) is 90.5 cm³/mol. The Labute approximate surface area is 131 Å². The first-order valence-electron chi connectivity index (χ1n) is 7.38. The highest BCUT2D eigenvalue weighted by Crippen LogP contribution is 2.21. The number of rotatable bonds is 3. The molecule has 0 aromatic heterocycles. The van der Waals surface area contributed by atoms with Gasteiger partial charge in [-0.2, -0.15) is 0 Å². The summed E-state index contributed by atoms with van der Waals surface area (Å²) < 4.78 is 0. The first-order chi connectivity index (χ1) is 10.3. The Morgan fingerprint density at radius 2 is 2.14 bits per heavy atom. The van der Waals surface area contributed by atoms with Crippen LogP contribution in [0.15, 0.2) is 35.5 Å². The summed E-state index contributed by atoms with van der Waals surface area (Å²) in [6.45, 7) is 7.50. The quantitative estimate of drug-likeness (QED) is 0.897. The van der Waals surface area contributed by atoms with Gasteiger partial charge < -0.3 is 16.0 Å². The van der Waals surface area contributed by atoms with Crippen molar-refractivity contribution in [3.05, 3.63) is 41.6 Å². The lowest BCUT2D eigenvalue weighted by atomic mass is 9.97. The molecule has 118 valence electrons. The number of carbonyl (C=O) groups excluding carboxylic acids is 1. The predicted octanol–water partition coefficient (Wildman–Crippen LogP) is 2.06. The number of amides is 1. The van der Waals surface area contributed by atoms with Gasteiger partial charge in [-0.1, -0.05) is 32.9 Å². The van der Waals surface area contributed by atoms with Crippen LogP contribution >= 0.6 is 0 Å². The molecule has 0 radical (unpaired) electrons. The third-order valence-corrected chi connectivity index (χ3v) is 3.36. The van der Waals surface area contributed by atoms with E-state index in [1.54, 1.807) is 6.20 Å². The van der Waals surface area contributed by atoms with Crippen LogP contribution in [0.5, 0.6) is 0 Å². The van der Waals surface area contributed by atoms with E-state index in [2.05, 4.69) is 31.1 Å². The van der Waals surface area contributed by atoms with Crippen LogP contribution in [0.3, 0.4) is 0 Å². The van der Waals surface area contributed by atoms with E-state index >= 15 is 0 Å². The number of hydrogen-bond donors (Lipinski definition) is 2. The van der Waals surface area contributed by atoms with Crippen molar-refractivity contribution in [2.24, 2.45) is 16.1 Å². The molecule has 3 N–H and O–H groups in total. The Morgan fingerprint density at radius 1 is 1.41 bits per heavy atom. The van der Waals surface area contributed by atoms with Gasteiger partial charge in [0.15, 0.2) is 0 Å². The molecule has 2 rings (SSSR count). The van der Waals surface area contributed by atoms with Crippen molar-refractivity contribution in [3.63, 3.8) is 0 Å². The Balaban J connectivity index is 2.18. The van der Waals surface area contributed by atoms with Gasteiger partial charge in [0, 0.05) is 24.7 Å². The first-order valence-corrected chi connectivity index (χ1v) is 7.38. The van der Waals surface area contributed by atoms with E-state index in [-0.39, 0.29) is 11.3 Å². The van der Waals surface area contributed by atoms with Crippen molar-refractivity contribution in [2.75, 3.05) is 20.1 Å². The zero-order chi connectivity index (χ0) is 16.3. The van der Waals surface area contributed by atoms with Crippen molar-refractivity contribution in [2.45, 2.75) is 20.8 Å². The third-order valence-electron chi connectivity index (χ3n) is 3.36. The van der Waals surface area contributed by atoms with Crippen LogP contribution < -0.4 is 11.1 Å². The number of benzene rings is 1. The van der Waals surface area contributed by atoms with Crippen molar-refractivity contribution in [1.82, 2.24) is 10.2 Å². The maximum absolute atomic E-state index is 12.3. The fraction of sp³-hybridized carbons (Fsp3) is 0.412. The Bertz CT molecular complexity index is 626. The van der Waals surface area contributed by atoms with Gasteiger partial charge in [-0.25, -0.2) is 4.99 Å². The van der Waals surface area contributed by atoms with Gasteiger partial charge in [0.2, 0.25) is 0 Å². The van der Waals surface area contributed by atoms with Crippen molar-refractivity contribution < 1.29 is 4.79 Å². The van der Waals surface area contributed by atoms with Crippen LogP contribution in [-0.2, 0) is 0 Å². The number of hydrogen-bond acceptors (Lipinski definition) is 4. The lowest BCUT2D eigenvalue weighted by Crippen LogP contribution is -2.33. The molecule has 22 heavy (non-hydrogen) atoms. The lowest BCUT2D eigenvalue weighted by molar-refractivity contribution is 0.0939. The van der Waals surface area contributed by atoms with E-state index in [0.717, 1.165) is 11.3 Å². The van der Waals surface area contributed by atoms with E-state index in [1.807, 2.05) is 36.2 Å². The summed E-state index contributed by atoms with van der Waals surface area (Å²) >= 11 is 0. The summed E-state index contributed by atoms with van der Waals surface area (Å²) in [6, 6.07) is 7.57. The van der Waals surface area contributed by atoms with Gasteiger partial charge in [0.1, 0.15) is 5.84 Å². The molecule has 1 aromatic rings. The highest BCUT2D eigenvalue weighted by atomic mass is 16.1. The molecule has 1 aliphatic rings. The van der Waals surface area contributed by atoms with Gasteiger partial charge >= 0.3 is 0 Å². The average molecular weight is 300 g/mol.